The molecule has 72 valence electrons. The SMILES string of the molecule is Oc1ccc(C2=CC=C(S)CC2)cc1. The molecule has 1 N–H and O–H groups in total. The number of phenols is 1. The molecule has 0 heterocycles. The van der Waals surface area contributed by atoms with Gasteiger partial charge in [-0.15, -0.1) is 12.6 Å². The summed E-state index contributed by atoms with van der Waals surface area (Å²) in [5, 5.41) is 9.15. The summed E-state index contributed by atoms with van der Waals surface area (Å²) >= 11 is 4.31. The lowest BCUT2D eigenvalue weighted by Gasteiger charge is -2.11. The lowest BCUT2D eigenvalue weighted by Crippen LogP contribution is -1.89. The molecular weight excluding hydrogens is 192 g/mol. The first-order valence-electron chi connectivity index (χ1n) is 4.64. The predicted molar refractivity (Wildman–Crippen MR) is 62.4 cm³/mol. The van der Waals surface area contributed by atoms with Crippen LogP contribution < -0.4 is 0 Å². The van der Waals surface area contributed by atoms with Gasteiger partial charge in [-0.05, 0) is 41.0 Å². The van der Waals surface area contributed by atoms with Crippen molar-refractivity contribution in [1.29, 1.82) is 0 Å². The molecular formula is C12H12OS. The normalized spacial score (nSPS) is 16.1. The molecule has 0 radical (unpaired) electrons. The molecule has 0 spiro atoms. The Morgan fingerprint density at radius 2 is 1.71 bits per heavy atom. The highest BCUT2D eigenvalue weighted by Gasteiger charge is 2.05. The first-order chi connectivity index (χ1) is 6.75. The zero-order chi connectivity index (χ0) is 9.97. The van der Waals surface area contributed by atoms with Crippen molar-refractivity contribution in [3.63, 3.8) is 0 Å². The van der Waals surface area contributed by atoms with Crippen LogP contribution in [0.1, 0.15) is 18.4 Å². The molecule has 1 aromatic carbocycles. The van der Waals surface area contributed by atoms with E-state index in [0.29, 0.717) is 5.75 Å². The smallest absolute Gasteiger partial charge is 0.115 e. The van der Waals surface area contributed by atoms with E-state index in [-0.39, 0.29) is 0 Å². The Kier molecular flexibility index (Phi) is 2.64. The molecule has 1 nitrogen and oxygen atoms in total. The van der Waals surface area contributed by atoms with Crippen LogP contribution in [-0.4, -0.2) is 5.11 Å². The third kappa shape index (κ3) is 2.02. The highest BCUT2D eigenvalue weighted by atomic mass is 32.1. The number of rotatable bonds is 1. The minimum absolute atomic E-state index is 0.315. The third-order valence-electron chi connectivity index (χ3n) is 2.37. The van der Waals surface area contributed by atoms with Gasteiger partial charge in [0.1, 0.15) is 5.75 Å². The zero-order valence-electron chi connectivity index (χ0n) is 7.77. The van der Waals surface area contributed by atoms with E-state index >= 15 is 0 Å². The molecule has 0 aliphatic heterocycles. The minimum Gasteiger partial charge on any atom is -0.508 e. The number of aromatic hydroxyl groups is 1. The first kappa shape index (κ1) is 9.41. The standard InChI is InChI=1S/C12H12OS/c13-11-5-1-9(2-6-11)10-3-7-12(14)8-4-10/h1-3,5-7,13-14H,4,8H2. The second kappa shape index (κ2) is 3.93. The zero-order valence-corrected chi connectivity index (χ0v) is 8.67. The molecule has 0 saturated heterocycles. The molecule has 0 fully saturated rings. The van der Waals surface area contributed by atoms with Crippen molar-refractivity contribution in [2.24, 2.45) is 0 Å². The van der Waals surface area contributed by atoms with Crippen LogP contribution >= 0.6 is 12.6 Å². The molecule has 0 bridgehead atoms. The molecule has 0 aromatic heterocycles. The maximum Gasteiger partial charge on any atom is 0.115 e. The second-order valence-corrected chi connectivity index (χ2v) is 3.97. The number of hydrogen-bond acceptors (Lipinski definition) is 2. The van der Waals surface area contributed by atoms with Gasteiger partial charge in [0.25, 0.3) is 0 Å². The van der Waals surface area contributed by atoms with Gasteiger partial charge in [0, 0.05) is 0 Å². The summed E-state index contributed by atoms with van der Waals surface area (Å²) in [6, 6.07) is 7.32. The van der Waals surface area contributed by atoms with Crippen LogP contribution in [-0.2, 0) is 0 Å². The molecule has 0 atom stereocenters. The maximum absolute atomic E-state index is 9.15. The van der Waals surface area contributed by atoms with Gasteiger partial charge in [-0.25, -0.2) is 0 Å². The Hall–Kier alpha value is -1.15. The van der Waals surface area contributed by atoms with Gasteiger partial charge in [0.05, 0.1) is 0 Å². The quantitative estimate of drug-likeness (QED) is 0.672. The molecule has 1 aliphatic carbocycles. The molecule has 2 heteroatoms. The fourth-order valence-electron chi connectivity index (χ4n) is 1.54. The monoisotopic (exact) mass is 204 g/mol. The minimum atomic E-state index is 0.315. The van der Waals surface area contributed by atoms with E-state index in [1.165, 1.54) is 11.1 Å². The summed E-state index contributed by atoms with van der Waals surface area (Å²) in [6.45, 7) is 0. The molecule has 14 heavy (non-hydrogen) atoms. The molecule has 2 rings (SSSR count). The largest absolute Gasteiger partial charge is 0.508 e. The molecule has 1 aromatic rings. The topological polar surface area (TPSA) is 20.2 Å². The molecule has 0 unspecified atom stereocenters. The number of phenolic OH excluding ortho intramolecular Hbond substituents is 1. The van der Waals surface area contributed by atoms with Crippen LogP contribution in [0.15, 0.2) is 41.3 Å². The van der Waals surface area contributed by atoms with Gasteiger partial charge in [0.2, 0.25) is 0 Å². The Labute approximate surface area is 89.2 Å². The van der Waals surface area contributed by atoms with Gasteiger partial charge >= 0.3 is 0 Å². The van der Waals surface area contributed by atoms with Crippen LogP contribution in [0.3, 0.4) is 0 Å². The second-order valence-electron chi connectivity index (χ2n) is 3.40. The first-order valence-corrected chi connectivity index (χ1v) is 5.08. The van der Waals surface area contributed by atoms with Crippen LogP contribution in [0.5, 0.6) is 5.75 Å². The van der Waals surface area contributed by atoms with Gasteiger partial charge in [-0.3, -0.25) is 0 Å². The van der Waals surface area contributed by atoms with Gasteiger partial charge in [0.15, 0.2) is 0 Å². The summed E-state index contributed by atoms with van der Waals surface area (Å²) < 4.78 is 0. The van der Waals surface area contributed by atoms with E-state index < -0.39 is 0 Å². The van der Waals surface area contributed by atoms with E-state index in [0.717, 1.165) is 17.7 Å². The Balaban J connectivity index is 2.28. The predicted octanol–water partition coefficient (Wildman–Crippen LogP) is 3.38. The van der Waals surface area contributed by atoms with Crippen molar-refractivity contribution < 1.29 is 5.11 Å². The molecule has 0 amide bonds. The molecule has 1 aliphatic rings. The highest BCUT2D eigenvalue weighted by molar-refractivity contribution is 7.84. The average molecular weight is 204 g/mol. The van der Waals surface area contributed by atoms with Crippen molar-refractivity contribution in [1.82, 2.24) is 0 Å². The third-order valence-corrected chi connectivity index (χ3v) is 2.74. The van der Waals surface area contributed by atoms with Crippen molar-refractivity contribution in [2.75, 3.05) is 0 Å². The summed E-state index contributed by atoms with van der Waals surface area (Å²) in [5.74, 6) is 0.315. The number of hydrogen-bond donors (Lipinski definition) is 2. The van der Waals surface area contributed by atoms with E-state index in [1.807, 2.05) is 18.2 Å². The Morgan fingerprint density at radius 1 is 1.00 bits per heavy atom. The van der Waals surface area contributed by atoms with Crippen LogP contribution in [0.25, 0.3) is 5.57 Å². The number of thiol groups is 1. The van der Waals surface area contributed by atoms with E-state index in [2.05, 4.69) is 18.7 Å². The average Bonchev–Trinajstić information content (AvgIpc) is 2.21. The highest BCUT2D eigenvalue weighted by Crippen LogP contribution is 2.28. The van der Waals surface area contributed by atoms with Gasteiger partial charge in [-0.1, -0.05) is 24.3 Å². The van der Waals surface area contributed by atoms with E-state index in [1.54, 1.807) is 12.1 Å². The van der Waals surface area contributed by atoms with E-state index in [9.17, 15) is 0 Å². The fourth-order valence-corrected chi connectivity index (χ4v) is 1.73. The number of allylic oxidation sites excluding steroid dienone is 4. The number of benzene rings is 1. The van der Waals surface area contributed by atoms with Crippen molar-refractivity contribution in [3.8, 4) is 5.75 Å². The van der Waals surface area contributed by atoms with Gasteiger partial charge in [-0.2, -0.15) is 0 Å². The maximum atomic E-state index is 9.15. The summed E-state index contributed by atoms with van der Waals surface area (Å²) in [5.41, 5.74) is 2.49. The van der Waals surface area contributed by atoms with Crippen molar-refractivity contribution >= 4 is 18.2 Å². The van der Waals surface area contributed by atoms with Gasteiger partial charge < -0.3 is 5.11 Å². The summed E-state index contributed by atoms with van der Waals surface area (Å²) in [7, 11) is 0. The van der Waals surface area contributed by atoms with Crippen LogP contribution in [0.4, 0.5) is 0 Å². The van der Waals surface area contributed by atoms with Crippen molar-refractivity contribution in [3.05, 3.63) is 46.9 Å². The van der Waals surface area contributed by atoms with Crippen molar-refractivity contribution in [2.45, 2.75) is 12.8 Å². The fraction of sp³-hybridized carbons (Fsp3) is 0.167. The van der Waals surface area contributed by atoms with E-state index in [4.69, 9.17) is 5.11 Å². The van der Waals surface area contributed by atoms with Crippen LogP contribution in [0, 0.1) is 0 Å². The summed E-state index contributed by atoms with van der Waals surface area (Å²) in [6.07, 6.45) is 6.17. The Bertz CT molecular complexity index is 387. The lowest BCUT2D eigenvalue weighted by molar-refractivity contribution is 0.475. The Morgan fingerprint density at radius 3 is 2.29 bits per heavy atom. The molecule has 0 saturated carbocycles. The lowest BCUT2D eigenvalue weighted by atomic mass is 9.97. The summed E-state index contributed by atoms with van der Waals surface area (Å²) in [4.78, 5) is 1.13. The van der Waals surface area contributed by atoms with Crippen LogP contribution in [0.2, 0.25) is 0 Å².